The number of hydrogen-bond acceptors (Lipinski definition) is 3. The first-order chi connectivity index (χ1) is 9.75. The van der Waals surface area contributed by atoms with Gasteiger partial charge in [-0.15, -0.1) is 0 Å². The second-order valence-corrected chi connectivity index (χ2v) is 8.45. The lowest BCUT2D eigenvalue weighted by Gasteiger charge is -2.40. The van der Waals surface area contributed by atoms with Crippen LogP contribution in [0, 0.1) is 11.3 Å². The molecule has 21 heavy (non-hydrogen) atoms. The zero-order valence-corrected chi connectivity index (χ0v) is 13.7. The fraction of sp³-hybridized carbons (Fsp3) is 0.929. The molecule has 0 spiro atoms. The number of nitrogens with one attached hydrogen (secondary N) is 1. The van der Waals surface area contributed by atoms with Gasteiger partial charge in [0.05, 0.1) is 5.41 Å². The Morgan fingerprint density at radius 3 is 2.62 bits per heavy atom. The van der Waals surface area contributed by atoms with Crippen molar-refractivity contribution in [2.45, 2.75) is 58.4 Å². The largest absolute Gasteiger partial charge is 0.481 e. The van der Waals surface area contributed by atoms with E-state index in [1.54, 1.807) is 6.92 Å². The molecule has 0 bridgehead atoms. The van der Waals surface area contributed by atoms with E-state index in [2.05, 4.69) is 4.72 Å². The van der Waals surface area contributed by atoms with Crippen molar-refractivity contribution >= 4 is 16.2 Å². The van der Waals surface area contributed by atoms with E-state index < -0.39 is 27.6 Å². The summed E-state index contributed by atoms with van der Waals surface area (Å²) in [6.45, 7) is 4.74. The average Bonchev–Trinajstić information content (AvgIpc) is 2.41. The molecule has 2 fully saturated rings. The summed E-state index contributed by atoms with van der Waals surface area (Å²) in [5.41, 5.74) is -1.01. The molecule has 2 rings (SSSR count). The molecule has 2 aliphatic rings. The van der Waals surface area contributed by atoms with Crippen LogP contribution >= 0.6 is 0 Å². The summed E-state index contributed by atoms with van der Waals surface area (Å²) in [7, 11) is -3.60. The Morgan fingerprint density at radius 1 is 1.29 bits per heavy atom. The monoisotopic (exact) mass is 318 g/mol. The highest BCUT2D eigenvalue weighted by Crippen LogP contribution is 2.37. The van der Waals surface area contributed by atoms with Crippen molar-refractivity contribution in [3.05, 3.63) is 0 Å². The van der Waals surface area contributed by atoms with Gasteiger partial charge < -0.3 is 5.11 Å². The van der Waals surface area contributed by atoms with Gasteiger partial charge in [0.1, 0.15) is 0 Å². The van der Waals surface area contributed by atoms with Gasteiger partial charge in [-0.05, 0) is 38.5 Å². The highest BCUT2D eigenvalue weighted by molar-refractivity contribution is 7.87. The van der Waals surface area contributed by atoms with E-state index >= 15 is 0 Å². The van der Waals surface area contributed by atoms with Crippen LogP contribution in [0.15, 0.2) is 0 Å². The zero-order valence-electron chi connectivity index (χ0n) is 12.8. The maximum Gasteiger partial charge on any atom is 0.310 e. The van der Waals surface area contributed by atoms with Crippen molar-refractivity contribution in [2.24, 2.45) is 11.3 Å². The number of rotatable bonds is 4. The Balaban J connectivity index is 2.12. The van der Waals surface area contributed by atoms with Gasteiger partial charge in [-0.3, -0.25) is 4.79 Å². The standard InChI is InChI=1S/C14H26N2O4S/c1-11-6-5-9-16(10-11)21(19,20)15-12-7-3-4-8-14(12,2)13(17)18/h11-12,15H,3-10H2,1-2H3,(H,17,18). The van der Waals surface area contributed by atoms with Crippen LogP contribution in [-0.2, 0) is 15.0 Å². The molecule has 1 saturated heterocycles. The molecular formula is C14H26N2O4S. The van der Waals surface area contributed by atoms with Crippen LogP contribution in [0.1, 0.15) is 52.4 Å². The Labute approximate surface area is 127 Å². The minimum absolute atomic E-state index is 0.354. The third-order valence-corrected chi connectivity index (χ3v) is 6.54. The SMILES string of the molecule is CC1CCCN(S(=O)(=O)NC2CCCCC2(C)C(=O)O)C1. The molecule has 2 N–H and O–H groups in total. The lowest BCUT2D eigenvalue weighted by molar-refractivity contribution is -0.151. The van der Waals surface area contributed by atoms with E-state index in [4.69, 9.17) is 0 Å². The smallest absolute Gasteiger partial charge is 0.310 e. The van der Waals surface area contributed by atoms with Crippen molar-refractivity contribution in [1.82, 2.24) is 9.03 Å². The number of nitrogens with zero attached hydrogens (tertiary/aromatic N) is 1. The average molecular weight is 318 g/mol. The molecule has 1 saturated carbocycles. The van der Waals surface area contributed by atoms with E-state index in [1.807, 2.05) is 6.92 Å². The number of hydrogen-bond donors (Lipinski definition) is 2. The first-order valence-corrected chi connectivity index (χ1v) is 9.20. The Hall–Kier alpha value is -0.660. The van der Waals surface area contributed by atoms with Gasteiger partial charge in [0.2, 0.25) is 0 Å². The summed E-state index contributed by atoms with van der Waals surface area (Å²) >= 11 is 0. The van der Waals surface area contributed by atoms with E-state index in [-0.39, 0.29) is 0 Å². The van der Waals surface area contributed by atoms with Crippen LogP contribution in [0.2, 0.25) is 0 Å². The van der Waals surface area contributed by atoms with Gasteiger partial charge >= 0.3 is 5.97 Å². The summed E-state index contributed by atoms with van der Waals surface area (Å²) in [5.74, 6) is -0.561. The Kier molecular flexibility index (Phi) is 4.95. The van der Waals surface area contributed by atoms with E-state index in [0.717, 1.165) is 25.7 Å². The van der Waals surface area contributed by atoms with Gasteiger partial charge in [-0.1, -0.05) is 19.8 Å². The number of piperidine rings is 1. The van der Waals surface area contributed by atoms with Crippen molar-refractivity contribution in [2.75, 3.05) is 13.1 Å². The van der Waals surface area contributed by atoms with E-state index in [9.17, 15) is 18.3 Å². The number of carboxylic acid groups (broad SMARTS) is 1. The zero-order chi connectivity index (χ0) is 15.7. The summed E-state index contributed by atoms with van der Waals surface area (Å²) in [6.07, 6.45) is 4.72. The van der Waals surface area contributed by atoms with Crippen molar-refractivity contribution in [1.29, 1.82) is 0 Å². The van der Waals surface area contributed by atoms with Crippen LogP contribution in [0.5, 0.6) is 0 Å². The Morgan fingerprint density at radius 2 is 2.00 bits per heavy atom. The second-order valence-electron chi connectivity index (χ2n) is 6.75. The van der Waals surface area contributed by atoms with E-state index in [0.29, 0.717) is 31.8 Å². The number of carboxylic acids is 1. The van der Waals surface area contributed by atoms with Gasteiger partial charge in [-0.2, -0.15) is 17.4 Å². The third kappa shape index (κ3) is 3.57. The number of carbonyl (C=O) groups is 1. The molecule has 3 unspecified atom stereocenters. The first kappa shape index (κ1) is 16.7. The van der Waals surface area contributed by atoms with Crippen LogP contribution in [-0.4, -0.2) is 42.9 Å². The summed E-state index contributed by atoms with van der Waals surface area (Å²) in [4.78, 5) is 11.6. The summed E-state index contributed by atoms with van der Waals surface area (Å²) in [5, 5.41) is 9.47. The molecule has 0 radical (unpaired) electrons. The van der Waals surface area contributed by atoms with Crippen molar-refractivity contribution < 1.29 is 18.3 Å². The molecule has 1 aliphatic heterocycles. The fourth-order valence-corrected chi connectivity index (χ4v) is 5.10. The van der Waals surface area contributed by atoms with Crippen LogP contribution in [0.25, 0.3) is 0 Å². The van der Waals surface area contributed by atoms with Gasteiger partial charge in [0.25, 0.3) is 10.2 Å². The lowest BCUT2D eigenvalue weighted by atomic mass is 9.72. The van der Waals surface area contributed by atoms with Crippen molar-refractivity contribution in [3.63, 3.8) is 0 Å². The molecule has 1 heterocycles. The predicted octanol–water partition coefficient (Wildman–Crippen LogP) is 1.59. The summed E-state index contributed by atoms with van der Waals surface area (Å²) < 4.78 is 29.2. The molecule has 0 aromatic heterocycles. The summed E-state index contributed by atoms with van der Waals surface area (Å²) in [6, 6.07) is -0.522. The fourth-order valence-electron chi connectivity index (χ4n) is 3.40. The predicted molar refractivity (Wildman–Crippen MR) is 80.0 cm³/mol. The highest BCUT2D eigenvalue weighted by Gasteiger charge is 2.45. The van der Waals surface area contributed by atoms with Gasteiger partial charge in [0, 0.05) is 19.1 Å². The van der Waals surface area contributed by atoms with Gasteiger partial charge in [0.15, 0.2) is 0 Å². The number of aliphatic carboxylic acids is 1. The molecule has 122 valence electrons. The molecule has 0 aromatic carbocycles. The highest BCUT2D eigenvalue weighted by atomic mass is 32.2. The second kappa shape index (κ2) is 6.22. The maximum atomic E-state index is 12.5. The minimum Gasteiger partial charge on any atom is -0.481 e. The van der Waals surface area contributed by atoms with Gasteiger partial charge in [-0.25, -0.2) is 0 Å². The van der Waals surface area contributed by atoms with Crippen molar-refractivity contribution in [3.8, 4) is 0 Å². The topological polar surface area (TPSA) is 86.7 Å². The molecule has 0 amide bonds. The quantitative estimate of drug-likeness (QED) is 0.824. The molecular weight excluding hydrogens is 292 g/mol. The Bertz CT molecular complexity index is 493. The molecule has 6 nitrogen and oxygen atoms in total. The van der Waals surface area contributed by atoms with E-state index in [1.165, 1.54) is 4.31 Å². The van der Waals surface area contributed by atoms with Crippen LogP contribution < -0.4 is 4.72 Å². The lowest BCUT2D eigenvalue weighted by Crippen LogP contribution is -2.56. The maximum absolute atomic E-state index is 12.5. The van der Waals surface area contributed by atoms with Crippen LogP contribution in [0.4, 0.5) is 0 Å². The normalized spacial score (nSPS) is 35.5. The third-order valence-electron chi connectivity index (χ3n) is 4.95. The molecule has 3 atom stereocenters. The molecule has 1 aliphatic carbocycles. The molecule has 0 aromatic rings. The minimum atomic E-state index is -3.60. The van der Waals surface area contributed by atoms with Crippen LogP contribution in [0.3, 0.4) is 0 Å². The first-order valence-electron chi connectivity index (χ1n) is 7.76. The molecule has 7 heteroatoms.